The Morgan fingerprint density at radius 3 is 2.06 bits per heavy atom. The van der Waals surface area contributed by atoms with Gasteiger partial charge in [-0.25, -0.2) is 4.79 Å². The average Bonchev–Trinajstić information content (AvgIpc) is 2.26. The Labute approximate surface area is 103 Å². The number of halogens is 3. The van der Waals surface area contributed by atoms with Crippen molar-refractivity contribution in [1.82, 2.24) is 5.32 Å². The van der Waals surface area contributed by atoms with Crippen molar-refractivity contribution in [3.05, 3.63) is 0 Å². The first-order chi connectivity index (χ1) is 8.29. The molecule has 1 spiro atoms. The molecule has 0 radical (unpaired) electrons. The second kappa shape index (κ2) is 5.88. The third kappa shape index (κ3) is 4.13. The van der Waals surface area contributed by atoms with Crippen molar-refractivity contribution in [2.24, 2.45) is 11.3 Å². The highest BCUT2D eigenvalue weighted by atomic mass is 19.4. The minimum Gasteiger partial charge on any atom is -0.475 e. The first-order valence-corrected chi connectivity index (χ1v) is 5.91. The zero-order valence-corrected chi connectivity index (χ0v) is 9.96. The van der Waals surface area contributed by atoms with E-state index in [1.54, 1.807) is 0 Å². The molecule has 4 nitrogen and oxygen atoms in total. The number of hydrogen-bond donors (Lipinski definition) is 3. The molecule has 1 aliphatic carbocycles. The maximum absolute atomic E-state index is 10.6. The van der Waals surface area contributed by atoms with Gasteiger partial charge in [0.15, 0.2) is 0 Å². The van der Waals surface area contributed by atoms with E-state index in [1.165, 1.54) is 38.8 Å². The third-order valence-electron chi connectivity index (χ3n) is 3.61. The number of piperidine rings is 1. The maximum Gasteiger partial charge on any atom is 0.490 e. The van der Waals surface area contributed by atoms with E-state index in [1.807, 2.05) is 0 Å². The van der Waals surface area contributed by atoms with Crippen LogP contribution in [0.3, 0.4) is 0 Å². The molecular weight excluding hydrogens is 251 g/mol. The van der Waals surface area contributed by atoms with E-state index in [0.29, 0.717) is 17.9 Å². The summed E-state index contributed by atoms with van der Waals surface area (Å²) in [5.41, 5.74) is 0.651. The predicted molar refractivity (Wildman–Crippen MR) is 58.0 cm³/mol. The van der Waals surface area contributed by atoms with Gasteiger partial charge < -0.3 is 15.5 Å². The van der Waals surface area contributed by atoms with Gasteiger partial charge >= 0.3 is 12.1 Å². The number of carboxylic acids is 1. The van der Waals surface area contributed by atoms with Crippen molar-refractivity contribution in [3.8, 4) is 0 Å². The number of nitrogens with one attached hydrogen (secondary N) is 1. The van der Waals surface area contributed by atoms with Gasteiger partial charge in [0.2, 0.25) is 0 Å². The van der Waals surface area contributed by atoms with Crippen LogP contribution < -0.4 is 5.32 Å². The van der Waals surface area contributed by atoms with Gasteiger partial charge in [0, 0.05) is 6.61 Å². The number of aliphatic hydroxyl groups is 1. The molecule has 0 amide bonds. The van der Waals surface area contributed by atoms with Crippen LogP contribution in [0.15, 0.2) is 0 Å². The van der Waals surface area contributed by atoms with Crippen molar-refractivity contribution < 1.29 is 28.2 Å². The summed E-state index contributed by atoms with van der Waals surface area (Å²) < 4.78 is 31.7. The van der Waals surface area contributed by atoms with Crippen LogP contribution in [-0.4, -0.2) is 42.1 Å². The Morgan fingerprint density at radius 1 is 1.28 bits per heavy atom. The largest absolute Gasteiger partial charge is 0.490 e. The Balaban J connectivity index is 0.000000203. The SMILES string of the molecule is O=C(O)C(F)(F)F.OCC1CC2(CCNCC2)C1. The van der Waals surface area contributed by atoms with E-state index in [-0.39, 0.29) is 0 Å². The number of carbonyl (C=O) groups is 1. The second-order valence-corrected chi connectivity index (χ2v) is 5.01. The summed E-state index contributed by atoms with van der Waals surface area (Å²) in [4.78, 5) is 8.90. The van der Waals surface area contributed by atoms with Crippen LogP contribution in [0.25, 0.3) is 0 Å². The van der Waals surface area contributed by atoms with Crippen molar-refractivity contribution >= 4 is 5.97 Å². The molecule has 1 heterocycles. The van der Waals surface area contributed by atoms with Gasteiger partial charge in [-0.05, 0) is 50.1 Å². The molecule has 0 aromatic carbocycles. The minimum atomic E-state index is -5.08. The Kier molecular flexibility index (Phi) is 4.98. The lowest BCUT2D eigenvalue weighted by atomic mass is 9.58. The molecule has 0 aromatic rings. The van der Waals surface area contributed by atoms with Crippen molar-refractivity contribution in [2.45, 2.75) is 31.9 Å². The number of carboxylic acid groups (broad SMARTS) is 1. The average molecular weight is 269 g/mol. The molecule has 1 aliphatic heterocycles. The van der Waals surface area contributed by atoms with E-state index in [9.17, 15) is 13.2 Å². The smallest absolute Gasteiger partial charge is 0.475 e. The van der Waals surface area contributed by atoms with Crippen LogP contribution in [0.5, 0.6) is 0 Å². The third-order valence-corrected chi connectivity index (χ3v) is 3.61. The Morgan fingerprint density at radius 2 is 1.72 bits per heavy atom. The number of aliphatic hydroxyl groups excluding tert-OH is 1. The van der Waals surface area contributed by atoms with Crippen molar-refractivity contribution in [3.63, 3.8) is 0 Å². The summed E-state index contributed by atoms with van der Waals surface area (Å²) in [5.74, 6) is -2.12. The highest BCUT2D eigenvalue weighted by Crippen LogP contribution is 2.51. The number of alkyl halides is 3. The van der Waals surface area contributed by atoms with Gasteiger partial charge in [0.25, 0.3) is 0 Å². The van der Waals surface area contributed by atoms with Gasteiger partial charge in [0.1, 0.15) is 0 Å². The van der Waals surface area contributed by atoms with Gasteiger partial charge in [-0.2, -0.15) is 13.2 Å². The number of aliphatic carboxylic acids is 1. The normalized spacial score (nSPS) is 22.9. The summed E-state index contributed by atoms with van der Waals surface area (Å²) in [6.45, 7) is 2.80. The fraction of sp³-hybridized carbons (Fsp3) is 0.909. The number of rotatable bonds is 1. The van der Waals surface area contributed by atoms with Crippen molar-refractivity contribution in [1.29, 1.82) is 0 Å². The standard InChI is InChI=1S/C9H17NO.C2HF3O2/c11-7-8-5-9(6-8)1-3-10-4-2-9;3-2(4,5)1(6)7/h8,10-11H,1-7H2;(H,6,7). The molecule has 0 aromatic heterocycles. The quantitative estimate of drug-likeness (QED) is 0.673. The summed E-state index contributed by atoms with van der Waals surface area (Å²) in [7, 11) is 0. The molecule has 1 saturated heterocycles. The predicted octanol–water partition coefficient (Wildman–Crippen LogP) is 1.39. The molecule has 0 bridgehead atoms. The molecule has 106 valence electrons. The van der Waals surface area contributed by atoms with Crippen LogP contribution in [0.2, 0.25) is 0 Å². The molecule has 1 saturated carbocycles. The van der Waals surface area contributed by atoms with Crippen LogP contribution >= 0.6 is 0 Å². The summed E-state index contributed by atoms with van der Waals surface area (Å²) in [5, 5.41) is 19.4. The zero-order valence-electron chi connectivity index (χ0n) is 9.96. The summed E-state index contributed by atoms with van der Waals surface area (Å²) >= 11 is 0. The molecule has 2 rings (SSSR count). The van der Waals surface area contributed by atoms with E-state index in [0.717, 1.165) is 0 Å². The molecule has 3 N–H and O–H groups in total. The molecule has 0 unspecified atom stereocenters. The van der Waals surface area contributed by atoms with Crippen LogP contribution in [0.1, 0.15) is 25.7 Å². The highest BCUT2D eigenvalue weighted by Gasteiger charge is 2.43. The molecular formula is C11H18F3NO3. The van der Waals surface area contributed by atoms with E-state index in [4.69, 9.17) is 15.0 Å². The molecule has 7 heteroatoms. The fourth-order valence-corrected chi connectivity index (χ4v) is 2.66. The van der Waals surface area contributed by atoms with E-state index < -0.39 is 12.1 Å². The lowest BCUT2D eigenvalue weighted by Gasteiger charge is -2.50. The van der Waals surface area contributed by atoms with Crippen molar-refractivity contribution in [2.75, 3.05) is 19.7 Å². The Hall–Kier alpha value is -0.820. The zero-order chi connectivity index (χ0) is 13.8. The van der Waals surface area contributed by atoms with E-state index >= 15 is 0 Å². The lowest BCUT2D eigenvalue weighted by Crippen LogP contribution is -2.46. The number of hydrogen-bond acceptors (Lipinski definition) is 3. The Bertz CT molecular complexity index is 280. The highest BCUT2D eigenvalue weighted by molar-refractivity contribution is 5.73. The first-order valence-electron chi connectivity index (χ1n) is 5.91. The maximum atomic E-state index is 10.6. The molecule has 2 aliphatic rings. The van der Waals surface area contributed by atoms with Crippen LogP contribution in [-0.2, 0) is 4.79 Å². The topological polar surface area (TPSA) is 69.6 Å². The van der Waals surface area contributed by atoms with Gasteiger partial charge in [-0.15, -0.1) is 0 Å². The van der Waals surface area contributed by atoms with Gasteiger partial charge in [0.05, 0.1) is 0 Å². The fourth-order valence-electron chi connectivity index (χ4n) is 2.66. The van der Waals surface area contributed by atoms with Gasteiger partial charge in [-0.3, -0.25) is 0 Å². The molecule has 0 atom stereocenters. The first kappa shape index (κ1) is 15.2. The van der Waals surface area contributed by atoms with Crippen LogP contribution in [0.4, 0.5) is 13.2 Å². The molecule has 18 heavy (non-hydrogen) atoms. The minimum absolute atomic E-state index is 0.412. The lowest BCUT2D eigenvalue weighted by molar-refractivity contribution is -0.192. The van der Waals surface area contributed by atoms with Crippen LogP contribution in [0, 0.1) is 11.3 Å². The monoisotopic (exact) mass is 269 g/mol. The summed E-state index contributed by atoms with van der Waals surface area (Å²) in [6, 6.07) is 0. The second-order valence-electron chi connectivity index (χ2n) is 5.01. The van der Waals surface area contributed by atoms with E-state index in [2.05, 4.69) is 5.32 Å². The van der Waals surface area contributed by atoms with Gasteiger partial charge in [-0.1, -0.05) is 0 Å². The molecule has 2 fully saturated rings. The summed E-state index contributed by atoms with van der Waals surface area (Å²) in [6.07, 6.45) is 0.156.